The summed E-state index contributed by atoms with van der Waals surface area (Å²) in [5.74, 6) is 0. The Balaban J connectivity index is 1.92. The monoisotopic (exact) mass is 316 g/mol. The van der Waals surface area contributed by atoms with Crippen molar-refractivity contribution in [3.63, 3.8) is 0 Å². The molecule has 2 aromatic rings. The summed E-state index contributed by atoms with van der Waals surface area (Å²) in [6.07, 6.45) is 1.63. The molecule has 116 valence electrons. The average Bonchev–Trinajstić information content (AvgIpc) is 2.86. The molecule has 0 spiro atoms. The van der Waals surface area contributed by atoms with E-state index in [-0.39, 0.29) is 0 Å². The van der Waals surface area contributed by atoms with Crippen molar-refractivity contribution in [2.45, 2.75) is 37.6 Å². The average molecular weight is 316 g/mol. The summed E-state index contributed by atoms with van der Waals surface area (Å²) in [5, 5.41) is 3.33. The molecule has 1 heterocycles. The molecule has 0 aromatic heterocycles. The Morgan fingerprint density at radius 3 is 2.77 bits per heavy atom. The van der Waals surface area contributed by atoms with Crippen LogP contribution in [0.1, 0.15) is 25.0 Å². The van der Waals surface area contributed by atoms with Gasteiger partial charge < -0.3 is 5.32 Å². The van der Waals surface area contributed by atoms with Gasteiger partial charge in [-0.25, -0.2) is 8.42 Å². The Morgan fingerprint density at radius 2 is 2.00 bits per heavy atom. The number of anilines is 2. The van der Waals surface area contributed by atoms with Crippen LogP contribution in [-0.2, 0) is 22.9 Å². The second-order valence-corrected chi connectivity index (χ2v) is 7.37. The van der Waals surface area contributed by atoms with E-state index in [4.69, 9.17) is 0 Å². The summed E-state index contributed by atoms with van der Waals surface area (Å²) in [7, 11) is -3.56. The molecule has 0 amide bonds. The van der Waals surface area contributed by atoms with Gasteiger partial charge in [0.1, 0.15) is 0 Å². The minimum absolute atomic E-state index is 0.313. The third-order valence-electron chi connectivity index (χ3n) is 3.96. The van der Waals surface area contributed by atoms with Crippen LogP contribution >= 0.6 is 0 Å². The van der Waals surface area contributed by atoms with Crippen LogP contribution in [0.4, 0.5) is 11.4 Å². The van der Waals surface area contributed by atoms with Crippen LogP contribution in [0.15, 0.2) is 47.4 Å². The van der Waals surface area contributed by atoms with Crippen LogP contribution in [0.25, 0.3) is 0 Å². The first kappa shape index (κ1) is 14.9. The predicted octanol–water partition coefficient (Wildman–Crippen LogP) is 3.41. The number of aryl methyl sites for hydroxylation is 1. The standard InChI is InChI=1S/C17H20N2O2S/c1-3-13-6-4-5-7-17(13)19-22(20,21)15-8-9-16-14(11-15)10-12(2)18-16/h4-9,11-12,18-19H,3,10H2,1-2H3. The summed E-state index contributed by atoms with van der Waals surface area (Å²) < 4.78 is 27.9. The Labute approximate surface area is 131 Å². The van der Waals surface area contributed by atoms with Gasteiger partial charge in [0.05, 0.1) is 10.6 Å². The van der Waals surface area contributed by atoms with Gasteiger partial charge in [-0.3, -0.25) is 4.72 Å². The zero-order chi connectivity index (χ0) is 15.7. The van der Waals surface area contributed by atoms with Crippen LogP contribution in [0, 0.1) is 0 Å². The zero-order valence-corrected chi connectivity index (χ0v) is 13.6. The van der Waals surface area contributed by atoms with Gasteiger partial charge in [0.15, 0.2) is 0 Å². The van der Waals surface area contributed by atoms with E-state index in [2.05, 4.69) is 17.0 Å². The van der Waals surface area contributed by atoms with Gasteiger partial charge in [-0.15, -0.1) is 0 Å². The van der Waals surface area contributed by atoms with Crippen LogP contribution in [0.2, 0.25) is 0 Å². The SMILES string of the molecule is CCc1ccccc1NS(=O)(=O)c1ccc2c(c1)CC(C)N2. The molecule has 1 aliphatic rings. The highest BCUT2D eigenvalue weighted by molar-refractivity contribution is 7.92. The highest BCUT2D eigenvalue weighted by Crippen LogP contribution is 2.29. The van der Waals surface area contributed by atoms with E-state index in [1.807, 2.05) is 31.2 Å². The van der Waals surface area contributed by atoms with Gasteiger partial charge in [-0.1, -0.05) is 25.1 Å². The molecule has 3 rings (SSSR count). The molecule has 0 radical (unpaired) electrons. The minimum Gasteiger partial charge on any atom is -0.382 e. The molecule has 1 atom stereocenters. The van der Waals surface area contributed by atoms with Crippen molar-refractivity contribution >= 4 is 21.4 Å². The molecule has 22 heavy (non-hydrogen) atoms. The van der Waals surface area contributed by atoms with Gasteiger partial charge in [0, 0.05) is 11.7 Å². The maximum atomic E-state index is 12.6. The van der Waals surface area contributed by atoms with Gasteiger partial charge in [-0.05, 0) is 55.2 Å². The number of fused-ring (bicyclic) bond motifs is 1. The lowest BCUT2D eigenvalue weighted by molar-refractivity contribution is 0.601. The predicted molar refractivity (Wildman–Crippen MR) is 89.9 cm³/mol. The third kappa shape index (κ3) is 2.81. The first-order chi connectivity index (χ1) is 10.5. The molecule has 1 aliphatic heterocycles. The topological polar surface area (TPSA) is 58.2 Å². The van der Waals surface area contributed by atoms with Gasteiger partial charge in [-0.2, -0.15) is 0 Å². The van der Waals surface area contributed by atoms with E-state index < -0.39 is 10.0 Å². The second-order valence-electron chi connectivity index (χ2n) is 5.68. The van der Waals surface area contributed by atoms with Crippen LogP contribution in [0.3, 0.4) is 0 Å². The normalized spacial score (nSPS) is 16.9. The Morgan fingerprint density at radius 1 is 1.23 bits per heavy atom. The lowest BCUT2D eigenvalue weighted by Gasteiger charge is -2.12. The summed E-state index contributed by atoms with van der Waals surface area (Å²) in [6, 6.07) is 13.1. The largest absolute Gasteiger partial charge is 0.382 e. The molecule has 2 aromatic carbocycles. The molecular formula is C17H20N2O2S. The fraction of sp³-hybridized carbons (Fsp3) is 0.294. The third-order valence-corrected chi connectivity index (χ3v) is 5.32. The lowest BCUT2D eigenvalue weighted by atomic mass is 10.1. The van der Waals surface area contributed by atoms with Gasteiger partial charge in [0.25, 0.3) is 10.0 Å². The summed E-state index contributed by atoms with van der Waals surface area (Å²) in [5.41, 5.74) is 3.72. The van der Waals surface area contributed by atoms with E-state index in [0.29, 0.717) is 16.6 Å². The number of nitrogens with one attached hydrogen (secondary N) is 2. The lowest BCUT2D eigenvalue weighted by Crippen LogP contribution is -2.14. The van der Waals surface area contributed by atoms with Crippen molar-refractivity contribution < 1.29 is 8.42 Å². The van der Waals surface area contributed by atoms with Crippen LogP contribution < -0.4 is 10.0 Å². The number of para-hydroxylation sites is 1. The number of hydrogen-bond acceptors (Lipinski definition) is 3. The molecule has 2 N–H and O–H groups in total. The van der Waals surface area contributed by atoms with Crippen molar-refractivity contribution in [2.24, 2.45) is 0 Å². The Hall–Kier alpha value is -2.01. The summed E-state index contributed by atoms with van der Waals surface area (Å²) in [4.78, 5) is 0.313. The van der Waals surface area contributed by atoms with E-state index in [1.165, 1.54) is 0 Å². The van der Waals surface area contributed by atoms with Crippen molar-refractivity contribution in [3.8, 4) is 0 Å². The van der Waals surface area contributed by atoms with E-state index in [0.717, 1.165) is 29.7 Å². The molecular weight excluding hydrogens is 296 g/mol. The molecule has 0 saturated heterocycles. The van der Waals surface area contributed by atoms with E-state index >= 15 is 0 Å². The first-order valence-corrected chi connectivity index (χ1v) is 8.98. The Kier molecular flexibility index (Phi) is 3.83. The van der Waals surface area contributed by atoms with Gasteiger partial charge in [0.2, 0.25) is 0 Å². The highest BCUT2D eigenvalue weighted by atomic mass is 32.2. The molecule has 0 aliphatic carbocycles. The smallest absolute Gasteiger partial charge is 0.261 e. The Bertz CT molecular complexity index is 800. The highest BCUT2D eigenvalue weighted by Gasteiger charge is 2.21. The van der Waals surface area contributed by atoms with Crippen molar-refractivity contribution in [3.05, 3.63) is 53.6 Å². The molecule has 0 fully saturated rings. The van der Waals surface area contributed by atoms with Crippen molar-refractivity contribution in [1.29, 1.82) is 0 Å². The molecule has 1 unspecified atom stereocenters. The van der Waals surface area contributed by atoms with Crippen LogP contribution in [-0.4, -0.2) is 14.5 Å². The van der Waals surface area contributed by atoms with Crippen molar-refractivity contribution in [2.75, 3.05) is 10.0 Å². The number of benzene rings is 2. The molecule has 5 heteroatoms. The molecule has 0 bridgehead atoms. The fourth-order valence-electron chi connectivity index (χ4n) is 2.83. The second kappa shape index (κ2) is 5.65. The fourth-order valence-corrected chi connectivity index (χ4v) is 3.98. The summed E-state index contributed by atoms with van der Waals surface area (Å²) >= 11 is 0. The number of hydrogen-bond donors (Lipinski definition) is 2. The molecule has 0 saturated carbocycles. The zero-order valence-electron chi connectivity index (χ0n) is 12.8. The number of rotatable bonds is 4. The maximum Gasteiger partial charge on any atom is 0.261 e. The van der Waals surface area contributed by atoms with Crippen molar-refractivity contribution in [1.82, 2.24) is 0 Å². The molecule has 4 nitrogen and oxygen atoms in total. The van der Waals surface area contributed by atoms with E-state index in [9.17, 15) is 8.42 Å². The van der Waals surface area contributed by atoms with Crippen LogP contribution in [0.5, 0.6) is 0 Å². The van der Waals surface area contributed by atoms with Gasteiger partial charge >= 0.3 is 0 Å². The number of sulfonamides is 1. The van der Waals surface area contributed by atoms with E-state index in [1.54, 1.807) is 18.2 Å². The maximum absolute atomic E-state index is 12.6. The minimum atomic E-state index is -3.56. The first-order valence-electron chi connectivity index (χ1n) is 7.50. The summed E-state index contributed by atoms with van der Waals surface area (Å²) in [6.45, 7) is 4.10. The quantitative estimate of drug-likeness (QED) is 0.909.